The molecule has 15 heavy (non-hydrogen) atoms. The molecule has 1 aromatic rings. The van der Waals surface area contributed by atoms with Gasteiger partial charge in [0.05, 0.1) is 0 Å². The van der Waals surface area contributed by atoms with Crippen LogP contribution in [0.5, 0.6) is 0 Å². The maximum absolute atomic E-state index is 3.41. The molecule has 2 nitrogen and oxygen atoms in total. The Morgan fingerprint density at radius 3 is 3.00 bits per heavy atom. The highest BCUT2D eigenvalue weighted by molar-refractivity contribution is 7.10. The maximum atomic E-state index is 3.41. The zero-order valence-corrected chi connectivity index (χ0v) is 9.80. The second kappa shape index (κ2) is 4.24. The van der Waals surface area contributed by atoms with Crippen molar-refractivity contribution in [3.8, 4) is 0 Å². The van der Waals surface area contributed by atoms with Gasteiger partial charge in [0.25, 0.3) is 0 Å². The van der Waals surface area contributed by atoms with Crippen LogP contribution in [0.15, 0.2) is 17.5 Å². The fourth-order valence-corrected chi connectivity index (χ4v) is 3.46. The van der Waals surface area contributed by atoms with Crippen molar-refractivity contribution in [2.75, 3.05) is 32.7 Å². The first-order chi connectivity index (χ1) is 7.43. The molecule has 0 amide bonds. The molecule has 2 aliphatic rings. The SMILES string of the molecule is c1csc([C@H]2C[C@@H]2CN2CCNCC2)c1. The average molecular weight is 222 g/mol. The number of nitrogens with one attached hydrogen (secondary N) is 1. The lowest BCUT2D eigenvalue weighted by Crippen LogP contribution is -2.44. The molecule has 82 valence electrons. The van der Waals surface area contributed by atoms with Crippen LogP contribution < -0.4 is 5.32 Å². The molecular formula is C12H18N2S. The molecule has 3 rings (SSSR count). The van der Waals surface area contributed by atoms with E-state index in [-0.39, 0.29) is 0 Å². The first kappa shape index (κ1) is 9.82. The fraction of sp³-hybridized carbons (Fsp3) is 0.667. The Bertz CT molecular complexity index is 303. The zero-order valence-electron chi connectivity index (χ0n) is 8.98. The topological polar surface area (TPSA) is 15.3 Å². The van der Waals surface area contributed by atoms with E-state index < -0.39 is 0 Å². The molecule has 0 unspecified atom stereocenters. The van der Waals surface area contributed by atoms with Gasteiger partial charge >= 0.3 is 0 Å². The first-order valence-corrected chi connectivity index (χ1v) is 6.78. The van der Waals surface area contributed by atoms with E-state index in [1.54, 1.807) is 4.88 Å². The maximum Gasteiger partial charge on any atom is 0.0107 e. The van der Waals surface area contributed by atoms with Gasteiger partial charge in [0.15, 0.2) is 0 Å². The predicted octanol–water partition coefficient (Wildman–Crippen LogP) is 1.76. The fourth-order valence-electron chi connectivity index (χ4n) is 2.53. The Morgan fingerprint density at radius 2 is 2.27 bits per heavy atom. The highest BCUT2D eigenvalue weighted by Gasteiger charge is 2.39. The zero-order chi connectivity index (χ0) is 10.1. The summed E-state index contributed by atoms with van der Waals surface area (Å²) in [5.74, 6) is 1.83. The van der Waals surface area contributed by atoms with Crippen molar-refractivity contribution in [2.24, 2.45) is 5.92 Å². The van der Waals surface area contributed by atoms with Crippen molar-refractivity contribution in [3.63, 3.8) is 0 Å². The van der Waals surface area contributed by atoms with Crippen molar-refractivity contribution in [1.82, 2.24) is 10.2 Å². The van der Waals surface area contributed by atoms with Crippen LogP contribution in [0.2, 0.25) is 0 Å². The van der Waals surface area contributed by atoms with Gasteiger partial charge in [0, 0.05) is 37.6 Å². The lowest BCUT2D eigenvalue weighted by Gasteiger charge is -2.27. The van der Waals surface area contributed by atoms with E-state index in [2.05, 4.69) is 27.7 Å². The minimum absolute atomic E-state index is 0.889. The van der Waals surface area contributed by atoms with Gasteiger partial charge in [-0.15, -0.1) is 11.3 Å². The van der Waals surface area contributed by atoms with E-state index in [4.69, 9.17) is 0 Å². The van der Waals surface area contributed by atoms with Crippen LogP contribution in [0, 0.1) is 5.92 Å². The van der Waals surface area contributed by atoms with E-state index in [1.807, 2.05) is 11.3 Å². The molecule has 0 spiro atoms. The summed E-state index contributed by atoms with van der Waals surface area (Å²) in [5.41, 5.74) is 0. The molecule has 1 saturated heterocycles. The molecule has 0 radical (unpaired) electrons. The van der Waals surface area contributed by atoms with Gasteiger partial charge in [0.1, 0.15) is 0 Å². The molecule has 3 heteroatoms. The van der Waals surface area contributed by atoms with E-state index >= 15 is 0 Å². The van der Waals surface area contributed by atoms with Crippen molar-refractivity contribution in [2.45, 2.75) is 12.3 Å². The molecule has 0 bridgehead atoms. The molecule has 2 fully saturated rings. The Labute approximate surface area is 95.3 Å². The number of nitrogens with zero attached hydrogens (tertiary/aromatic N) is 1. The average Bonchev–Trinajstić information content (AvgIpc) is 2.82. The van der Waals surface area contributed by atoms with Crippen LogP contribution in [0.25, 0.3) is 0 Å². The highest BCUT2D eigenvalue weighted by Crippen LogP contribution is 2.49. The van der Waals surface area contributed by atoms with Gasteiger partial charge in [0.2, 0.25) is 0 Å². The minimum Gasteiger partial charge on any atom is -0.314 e. The number of piperazine rings is 1. The molecule has 1 aromatic heterocycles. The Morgan fingerprint density at radius 1 is 1.40 bits per heavy atom. The van der Waals surface area contributed by atoms with Crippen LogP contribution in [-0.4, -0.2) is 37.6 Å². The summed E-state index contributed by atoms with van der Waals surface area (Å²) in [6.45, 7) is 6.17. The van der Waals surface area contributed by atoms with E-state index in [1.165, 1.54) is 39.1 Å². The molecule has 2 heterocycles. The molecule has 1 saturated carbocycles. The van der Waals surface area contributed by atoms with Gasteiger partial charge in [-0.1, -0.05) is 6.07 Å². The molecule has 0 aromatic carbocycles. The van der Waals surface area contributed by atoms with E-state index in [0.29, 0.717) is 0 Å². The van der Waals surface area contributed by atoms with Crippen molar-refractivity contribution < 1.29 is 0 Å². The number of hydrogen-bond donors (Lipinski definition) is 1. The van der Waals surface area contributed by atoms with Gasteiger partial charge in [-0.25, -0.2) is 0 Å². The van der Waals surface area contributed by atoms with Crippen LogP contribution in [0.4, 0.5) is 0 Å². The summed E-state index contributed by atoms with van der Waals surface area (Å²) < 4.78 is 0. The third-order valence-corrected chi connectivity index (χ3v) is 4.54. The summed E-state index contributed by atoms with van der Waals surface area (Å²) in [7, 11) is 0. The first-order valence-electron chi connectivity index (χ1n) is 5.90. The monoisotopic (exact) mass is 222 g/mol. The Balaban J connectivity index is 1.50. The normalized spacial score (nSPS) is 31.7. The molecule has 1 aliphatic heterocycles. The van der Waals surface area contributed by atoms with Crippen LogP contribution in [0.1, 0.15) is 17.2 Å². The van der Waals surface area contributed by atoms with Crippen molar-refractivity contribution in [3.05, 3.63) is 22.4 Å². The van der Waals surface area contributed by atoms with Crippen molar-refractivity contribution >= 4 is 11.3 Å². The third kappa shape index (κ3) is 2.25. The number of hydrogen-bond acceptors (Lipinski definition) is 3. The predicted molar refractivity (Wildman–Crippen MR) is 64.5 cm³/mol. The van der Waals surface area contributed by atoms with Gasteiger partial charge in [-0.2, -0.15) is 0 Å². The number of thiophene rings is 1. The summed E-state index contributed by atoms with van der Waals surface area (Å²) in [6, 6.07) is 4.48. The largest absolute Gasteiger partial charge is 0.314 e. The summed E-state index contributed by atoms with van der Waals surface area (Å²) >= 11 is 1.93. The van der Waals surface area contributed by atoms with Crippen molar-refractivity contribution in [1.29, 1.82) is 0 Å². The smallest absolute Gasteiger partial charge is 0.0107 e. The van der Waals surface area contributed by atoms with Gasteiger partial charge in [-0.3, -0.25) is 0 Å². The summed E-state index contributed by atoms with van der Waals surface area (Å²) in [6.07, 6.45) is 1.42. The quantitative estimate of drug-likeness (QED) is 0.838. The lowest BCUT2D eigenvalue weighted by molar-refractivity contribution is 0.231. The Hall–Kier alpha value is -0.380. The standard InChI is InChI=1S/C12H18N2S/c1-2-12(15-7-1)11-8-10(11)9-14-5-3-13-4-6-14/h1-2,7,10-11,13H,3-6,8-9H2/t10-,11+/m1/s1. The summed E-state index contributed by atoms with van der Waals surface area (Å²) in [5, 5.41) is 5.61. The van der Waals surface area contributed by atoms with Gasteiger partial charge in [-0.05, 0) is 29.7 Å². The van der Waals surface area contributed by atoms with E-state index in [0.717, 1.165) is 11.8 Å². The van der Waals surface area contributed by atoms with Crippen LogP contribution in [-0.2, 0) is 0 Å². The second-order valence-electron chi connectivity index (χ2n) is 4.67. The third-order valence-electron chi connectivity index (χ3n) is 3.53. The second-order valence-corrected chi connectivity index (χ2v) is 5.65. The van der Waals surface area contributed by atoms with Crippen LogP contribution >= 0.6 is 11.3 Å². The summed E-state index contributed by atoms with van der Waals surface area (Å²) in [4.78, 5) is 4.23. The highest BCUT2D eigenvalue weighted by atomic mass is 32.1. The molecular weight excluding hydrogens is 204 g/mol. The molecule has 1 N–H and O–H groups in total. The van der Waals surface area contributed by atoms with Crippen LogP contribution in [0.3, 0.4) is 0 Å². The lowest BCUT2D eigenvalue weighted by atomic mass is 10.2. The molecule has 2 atom stereocenters. The Kier molecular flexibility index (Phi) is 2.77. The minimum atomic E-state index is 0.889. The van der Waals surface area contributed by atoms with E-state index in [9.17, 15) is 0 Å². The van der Waals surface area contributed by atoms with Gasteiger partial charge < -0.3 is 10.2 Å². The number of rotatable bonds is 3. The molecule has 1 aliphatic carbocycles.